The van der Waals surface area contributed by atoms with Gasteiger partial charge in [-0.25, -0.2) is 9.18 Å². The van der Waals surface area contributed by atoms with Crippen molar-refractivity contribution in [1.82, 2.24) is 9.55 Å². The molecule has 0 unspecified atom stereocenters. The first kappa shape index (κ1) is 31.3. The number of aryl methyl sites for hydroxylation is 1. The number of fused-ring (bicyclic) bond motifs is 1. The summed E-state index contributed by atoms with van der Waals surface area (Å²) < 4.78 is 42.5. The molecule has 1 aromatic rings. The van der Waals surface area contributed by atoms with E-state index >= 15 is 4.39 Å². The summed E-state index contributed by atoms with van der Waals surface area (Å²) >= 11 is 7.49. The molecule has 13 heteroatoms. The highest BCUT2D eigenvalue weighted by Gasteiger charge is 2.57. The van der Waals surface area contributed by atoms with Gasteiger partial charge >= 0.3 is 5.69 Å². The number of hydrogen-bond donors (Lipinski definition) is 1. The van der Waals surface area contributed by atoms with E-state index in [9.17, 15) is 9.59 Å². The van der Waals surface area contributed by atoms with Crippen molar-refractivity contribution >= 4 is 37.2 Å². The summed E-state index contributed by atoms with van der Waals surface area (Å²) in [6.45, 7) is 20.6. The quantitative estimate of drug-likeness (QED) is 0.226. The van der Waals surface area contributed by atoms with Crippen LogP contribution in [0.1, 0.15) is 65.7 Å². The maximum absolute atomic E-state index is 16.3. The summed E-state index contributed by atoms with van der Waals surface area (Å²) in [5.74, 6) is 0.361. The standard InChI is InChI=1S/C26H42FN2O6PS2Si/c1-15(2)17-10-11-26(7)19(12-17)34-36(37,38-26)35-21-18(14-32-39(8,9)25(4,5)6)33-23(20(21)27)29-13-16(3)22(30)28-24(29)31/h13,17-21,23H,1,10-12,14H2,2-9H3,(H,28,30,31)/t17-,18-,19+,20-,21-,23-,26+,36-/m1/s1. The fraction of sp³-hybridized carbons (Fsp3) is 0.769. The third kappa shape index (κ3) is 6.28. The molecule has 220 valence electrons. The van der Waals surface area contributed by atoms with Crippen molar-refractivity contribution < 1.29 is 22.6 Å². The van der Waals surface area contributed by atoms with Crippen molar-refractivity contribution in [1.29, 1.82) is 0 Å². The molecule has 0 bridgehead atoms. The average molecular weight is 621 g/mol. The largest absolute Gasteiger partial charge is 0.414 e. The maximum Gasteiger partial charge on any atom is 0.330 e. The van der Waals surface area contributed by atoms with Crippen molar-refractivity contribution in [2.24, 2.45) is 5.92 Å². The van der Waals surface area contributed by atoms with Gasteiger partial charge in [0.1, 0.15) is 12.2 Å². The number of hydrogen-bond acceptors (Lipinski definition) is 8. The van der Waals surface area contributed by atoms with Crippen LogP contribution in [0.5, 0.6) is 0 Å². The minimum absolute atomic E-state index is 0.0653. The second-order valence-electron chi connectivity index (χ2n) is 12.9. The van der Waals surface area contributed by atoms with Crippen LogP contribution in [-0.4, -0.2) is 53.7 Å². The van der Waals surface area contributed by atoms with Crippen LogP contribution >= 0.6 is 17.1 Å². The first-order valence-corrected chi connectivity index (χ1v) is 20.4. The third-order valence-corrected chi connectivity index (χ3v) is 19.0. The van der Waals surface area contributed by atoms with Crippen LogP contribution in [0.2, 0.25) is 18.1 Å². The van der Waals surface area contributed by atoms with Crippen molar-refractivity contribution in [3.63, 3.8) is 0 Å². The van der Waals surface area contributed by atoms with E-state index in [2.05, 4.69) is 52.4 Å². The molecule has 2 saturated heterocycles. The van der Waals surface area contributed by atoms with Gasteiger partial charge in [-0.1, -0.05) is 44.3 Å². The lowest BCUT2D eigenvalue weighted by Gasteiger charge is -2.37. The molecule has 1 aliphatic carbocycles. The Kier molecular flexibility index (Phi) is 8.77. The Bertz CT molecular complexity index is 1280. The molecular formula is C26H42FN2O6PS2Si. The number of halogens is 1. The van der Waals surface area contributed by atoms with Crippen LogP contribution in [0.25, 0.3) is 0 Å². The molecule has 1 N–H and O–H groups in total. The predicted octanol–water partition coefficient (Wildman–Crippen LogP) is 5.98. The first-order chi connectivity index (χ1) is 17.9. The Morgan fingerprint density at radius 3 is 2.69 bits per heavy atom. The van der Waals surface area contributed by atoms with Crippen molar-refractivity contribution in [2.75, 3.05) is 6.61 Å². The van der Waals surface area contributed by atoms with Gasteiger partial charge in [0.05, 0.1) is 12.7 Å². The normalized spacial score (nSPS) is 37.2. The van der Waals surface area contributed by atoms with Gasteiger partial charge in [0.15, 0.2) is 20.7 Å². The summed E-state index contributed by atoms with van der Waals surface area (Å²) in [7, 11) is -2.21. The summed E-state index contributed by atoms with van der Waals surface area (Å²) in [6, 6.07) is 0. The predicted molar refractivity (Wildman–Crippen MR) is 160 cm³/mol. The number of nitrogens with zero attached hydrogens (tertiary/aromatic N) is 1. The van der Waals surface area contributed by atoms with Gasteiger partial charge in [-0.05, 0) is 75.9 Å². The molecule has 0 amide bonds. The zero-order valence-electron chi connectivity index (χ0n) is 24.1. The molecule has 39 heavy (non-hydrogen) atoms. The van der Waals surface area contributed by atoms with Gasteiger partial charge in [0.2, 0.25) is 5.69 Å². The molecule has 1 aromatic heterocycles. The molecule has 4 rings (SSSR count). The maximum atomic E-state index is 16.3. The molecular weight excluding hydrogens is 578 g/mol. The Labute approximate surface area is 240 Å². The van der Waals surface area contributed by atoms with Crippen LogP contribution in [-0.2, 0) is 30.0 Å². The number of allylic oxidation sites excluding steroid dienone is 1. The Morgan fingerprint density at radius 1 is 1.41 bits per heavy atom. The smallest absolute Gasteiger partial charge is 0.330 e. The highest BCUT2D eigenvalue weighted by molar-refractivity contribution is 8.68. The fourth-order valence-corrected chi connectivity index (χ4v) is 13.6. The minimum Gasteiger partial charge on any atom is -0.414 e. The average Bonchev–Trinajstić information content (AvgIpc) is 3.25. The van der Waals surface area contributed by atoms with Gasteiger partial charge < -0.3 is 18.2 Å². The lowest BCUT2D eigenvalue weighted by Crippen LogP contribution is -2.44. The molecule has 3 fully saturated rings. The van der Waals surface area contributed by atoms with Crippen molar-refractivity contribution in [3.05, 3.63) is 44.8 Å². The second kappa shape index (κ2) is 10.9. The molecule has 8 nitrogen and oxygen atoms in total. The van der Waals surface area contributed by atoms with E-state index in [4.69, 9.17) is 30.0 Å². The van der Waals surface area contributed by atoms with Gasteiger partial charge in [-0.15, -0.1) is 0 Å². The molecule has 2 aliphatic heterocycles. The van der Waals surface area contributed by atoms with Crippen molar-refractivity contribution in [2.45, 2.75) is 114 Å². The third-order valence-electron chi connectivity index (χ3n) is 8.79. The number of ether oxygens (including phenoxy) is 1. The zero-order chi connectivity index (χ0) is 29.1. The molecule has 8 atom stereocenters. The lowest BCUT2D eigenvalue weighted by atomic mass is 9.77. The fourth-order valence-electron chi connectivity index (χ4n) is 5.04. The Balaban J connectivity index is 1.62. The summed E-state index contributed by atoms with van der Waals surface area (Å²) in [6.07, 6.45) is -1.01. The molecule has 3 heterocycles. The molecule has 0 spiro atoms. The van der Waals surface area contributed by atoms with E-state index in [1.165, 1.54) is 17.6 Å². The van der Waals surface area contributed by atoms with E-state index in [0.717, 1.165) is 29.4 Å². The van der Waals surface area contributed by atoms with Crippen LogP contribution in [0.4, 0.5) is 4.39 Å². The summed E-state index contributed by atoms with van der Waals surface area (Å²) in [4.78, 5) is 26.8. The highest BCUT2D eigenvalue weighted by Crippen LogP contribution is 2.76. The number of aromatic nitrogens is 2. The topological polar surface area (TPSA) is 91.8 Å². The number of aromatic amines is 1. The number of rotatable bonds is 7. The molecule has 1 saturated carbocycles. The van der Waals surface area contributed by atoms with E-state index in [0.29, 0.717) is 5.92 Å². The Morgan fingerprint density at radius 2 is 2.08 bits per heavy atom. The highest BCUT2D eigenvalue weighted by atomic mass is 32.9. The first-order valence-electron chi connectivity index (χ1n) is 13.4. The SMILES string of the molecule is C=C(C)[C@@H]1CC[C@]2(C)S[P@@](=S)(O[C@H]3[C@@H](F)[C@H](n4cc(C)c(=O)[nH]c4=O)O[C@@H]3CO[Si](C)(C)C(C)(C)C)O[C@H]2C1. The van der Waals surface area contributed by atoms with E-state index < -0.39 is 49.9 Å². The lowest BCUT2D eigenvalue weighted by molar-refractivity contribution is -0.0449. The second-order valence-corrected chi connectivity index (χ2v) is 24.3. The molecule has 0 aromatic carbocycles. The van der Waals surface area contributed by atoms with Gasteiger partial charge in [-0.3, -0.25) is 14.3 Å². The Hall–Kier alpha value is -0.593. The molecule has 0 radical (unpaired) electrons. The van der Waals surface area contributed by atoms with E-state index in [1.807, 2.05) is 6.92 Å². The van der Waals surface area contributed by atoms with Gasteiger partial charge in [-0.2, -0.15) is 0 Å². The summed E-state index contributed by atoms with van der Waals surface area (Å²) in [5, 5.41) is -0.0653. The summed E-state index contributed by atoms with van der Waals surface area (Å²) in [5.41, 5.74) is -2.82. The van der Waals surface area contributed by atoms with Gasteiger partial charge in [0, 0.05) is 16.5 Å². The van der Waals surface area contributed by atoms with Crippen molar-refractivity contribution in [3.8, 4) is 0 Å². The zero-order valence-corrected chi connectivity index (χ0v) is 27.6. The minimum atomic E-state index is -2.95. The number of H-pyrrole nitrogens is 1. The van der Waals surface area contributed by atoms with Crippen LogP contribution < -0.4 is 11.2 Å². The van der Waals surface area contributed by atoms with Gasteiger partial charge in [0.25, 0.3) is 5.56 Å². The number of alkyl halides is 1. The van der Waals surface area contributed by atoms with E-state index in [1.54, 1.807) is 6.92 Å². The van der Waals surface area contributed by atoms with E-state index in [-0.39, 0.29) is 28.1 Å². The van der Waals surface area contributed by atoms with Crippen LogP contribution in [0, 0.1) is 12.8 Å². The van der Waals surface area contributed by atoms with Crippen LogP contribution in [0.3, 0.4) is 0 Å². The van der Waals surface area contributed by atoms with Crippen LogP contribution in [0.15, 0.2) is 27.9 Å². The number of nitrogens with one attached hydrogen (secondary N) is 1. The monoisotopic (exact) mass is 620 g/mol. The molecule has 3 aliphatic rings.